The fourth-order valence-corrected chi connectivity index (χ4v) is 3.57. The molecule has 1 fully saturated rings. The molecule has 4 nitrogen and oxygen atoms in total. The molecule has 1 N–H and O–H groups in total. The molecule has 2 aromatic rings. The maximum Gasteiger partial charge on any atom is 0.234 e. The number of piperazine rings is 1. The number of nitrogens with zero attached hydrogens (tertiary/aromatic N) is 2. The summed E-state index contributed by atoms with van der Waals surface area (Å²) >= 11 is 12.1. The Morgan fingerprint density at radius 1 is 1.04 bits per heavy atom. The molecule has 3 rings (SSSR count). The van der Waals surface area contributed by atoms with E-state index in [0.717, 1.165) is 42.5 Å². The van der Waals surface area contributed by atoms with Crippen LogP contribution in [0.3, 0.4) is 0 Å². The van der Waals surface area contributed by atoms with E-state index in [1.165, 1.54) is 0 Å². The second kappa shape index (κ2) is 8.76. The molecule has 0 radical (unpaired) electrons. The van der Waals surface area contributed by atoms with Gasteiger partial charge in [0.2, 0.25) is 5.91 Å². The molecule has 0 saturated carbocycles. The number of hydrogen-bond donors (Lipinski definition) is 1. The van der Waals surface area contributed by atoms with E-state index in [0.29, 0.717) is 11.6 Å². The maximum atomic E-state index is 12.4. The summed E-state index contributed by atoms with van der Waals surface area (Å²) in [4.78, 5) is 16.8. The van der Waals surface area contributed by atoms with Gasteiger partial charge in [0.05, 0.1) is 12.6 Å². The number of benzene rings is 2. The zero-order valence-corrected chi connectivity index (χ0v) is 16.3. The van der Waals surface area contributed by atoms with Crippen LogP contribution in [0.1, 0.15) is 18.5 Å². The van der Waals surface area contributed by atoms with Crippen LogP contribution >= 0.6 is 23.2 Å². The average molecular weight is 392 g/mol. The van der Waals surface area contributed by atoms with Crippen molar-refractivity contribution >= 4 is 34.8 Å². The largest absolute Gasteiger partial charge is 0.369 e. The van der Waals surface area contributed by atoms with Gasteiger partial charge < -0.3 is 10.2 Å². The first kappa shape index (κ1) is 19.0. The smallest absolute Gasteiger partial charge is 0.234 e. The average Bonchev–Trinajstić information content (AvgIpc) is 2.62. The lowest BCUT2D eigenvalue weighted by Crippen LogP contribution is -2.49. The Labute approximate surface area is 164 Å². The van der Waals surface area contributed by atoms with Crippen LogP contribution < -0.4 is 10.2 Å². The summed E-state index contributed by atoms with van der Waals surface area (Å²) in [6, 6.07) is 15.4. The quantitative estimate of drug-likeness (QED) is 0.836. The Hall–Kier alpha value is -1.75. The number of halogens is 2. The number of carbonyl (C=O) groups excluding carboxylic acids is 1. The molecule has 6 heteroatoms. The molecule has 1 amide bonds. The molecule has 1 atom stereocenters. The first-order valence-corrected chi connectivity index (χ1v) is 9.54. The third-order valence-electron chi connectivity index (χ3n) is 4.64. The highest BCUT2D eigenvalue weighted by Crippen LogP contribution is 2.21. The highest BCUT2D eigenvalue weighted by atomic mass is 35.5. The minimum atomic E-state index is -0.0612. The third-order valence-corrected chi connectivity index (χ3v) is 5.11. The summed E-state index contributed by atoms with van der Waals surface area (Å²) in [5.41, 5.74) is 2.15. The lowest BCUT2D eigenvalue weighted by molar-refractivity contribution is -0.123. The standard InChI is InChI=1S/C20H23Cl2N3O/c1-15(16-4-2-5-17(21)12-16)23-20(26)14-24-8-10-25(11-9-24)19-7-3-6-18(22)13-19/h2-7,12-13,15H,8-11,14H2,1H3,(H,23,26)/t15-/m0/s1. The summed E-state index contributed by atoms with van der Waals surface area (Å²) in [5.74, 6) is 0.0358. The lowest BCUT2D eigenvalue weighted by Gasteiger charge is -2.36. The summed E-state index contributed by atoms with van der Waals surface area (Å²) in [5, 5.41) is 4.48. The van der Waals surface area contributed by atoms with E-state index in [1.54, 1.807) is 0 Å². The maximum absolute atomic E-state index is 12.4. The van der Waals surface area contributed by atoms with Gasteiger partial charge in [-0.25, -0.2) is 0 Å². The molecule has 138 valence electrons. The van der Waals surface area contributed by atoms with Crippen LogP contribution in [-0.2, 0) is 4.79 Å². The van der Waals surface area contributed by atoms with Gasteiger partial charge >= 0.3 is 0 Å². The molecular weight excluding hydrogens is 369 g/mol. The Morgan fingerprint density at radius 2 is 1.69 bits per heavy atom. The number of hydrogen-bond acceptors (Lipinski definition) is 3. The van der Waals surface area contributed by atoms with Crippen molar-refractivity contribution in [3.05, 3.63) is 64.1 Å². The van der Waals surface area contributed by atoms with E-state index in [-0.39, 0.29) is 11.9 Å². The van der Waals surface area contributed by atoms with Crippen LogP contribution in [0.4, 0.5) is 5.69 Å². The van der Waals surface area contributed by atoms with Gasteiger partial charge in [-0.15, -0.1) is 0 Å². The molecule has 0 spiro atoms. The van der Waals surface area contributed by atoms with Crippen molar-refractivity contribution < 1.29 is 4.79 Å². The van der Waals surface area contributed by atoms with Crippen LogP contribution in [0, 0.1) is 0 Å². The molecule has 1 saturated heterocycles. The summed E-state index contributed by atoms with van der Waals surface area (Å²) in [6.45, 7) is 5.86. The summed E-state index contributed by atoms with van der Waals surface area (Å²) < 4.78 is 0. The molecule has 1 aliphatic rings. The normalized spacial score (nSPS) is 16.3. The number of rotatable bonds is 5. The Balaban J connectivity index is 1.47. The van der Waals surface area contributed by atoms with Crippen LogP contribution in [0.5, 0.6) is 0 Å². The first-order chi connectivity index (χ1) is 12.5. The van der Waals surface area contributed by atoms with Crippen molar-refractivity contribution in [2.75, 3.05) is 37.6 Å². The van der Waals surface area contributed by atoms with E-state index in [1.807, 2.05) is 49.4 Å². The third kappa shape index (κ3) is 5.13. The van der Waals surface area contributed by atoms with Crippen molar-refractivity contribution in [3.63, 3.8) is 0 Å². The molecule has 1 aliphatic heterocycles. The SMILES string of the molecule is C[C@H](NC(=O)CN1CCN(c2cccc(Cl)c2)CC1)c1cccc(Cl)c1. The van der Waals surface area contributed by atoms with Gasteiger partial charge in [0.25, 0.3) is 0 Å². The van der Waals surface area contributed by atoms with Gasteiger partial charge in [-0.1, -0.05) is 41.4 Å². The van der Waals surface area contributed by atoms with Crippen LogP contribution in [-0.4, -0.2) is 43.5 Å². The topological polar surface area (TPSA) is 35.6 Å². The van der Waals surface area contributed by atoms with Gasteiger partial charge in [0.1, 0.15) is 0 Å². The fourth-order valence-electron chi connectivity index (χ4n) is 3.19. The van der Waals surface area contributed by atoms with Crippen molar-refractivity contribution in [3.8, 4) is 0 Å². The predicted octanol–water partition coefficient (Wildman–Crippen LogP) is 3.99. The molecular formula is C20H23Cl2N3O. The molecule has 0 unspecified atom stereocenters. The second-order valence-corrected chi connectivity index (χ2v) is 7.46. The van der Waals surface area contributed by atoms with E-state index in [9.17, 15) is 4.79 Å². The Bertz CT molecular complexity index is 760. The van der Waals surface area contributed by atoms with Gasteiger partial charge in [-0.05, 0) is 42.8 Å². The lowest BCUT2D eigenvalue weighted by atomic mass is 10.1. The van der Waals surface area contributed by atoms with E-state index >= 15 is 0 Å². The summed E-state index contributed by atoms with van der Waals surface area (Å²) in [7, 11) is 0. The Kier molecular flexibility index (Phi) is 6.41. The predicted molar refractivity (Wildman–Crippen MR) is 108 cm³/mol. The molecule has 1 heterocycles. The monoisotopic (exact) mass is 391 g/mol. The van der Waals surface area contributed by atoms with E-state index < -0.39 is 0 Å². The number of anilines is 1. The number of amides is 1. The van der Waals surface area contributed by atoms with Crippen molar-refractivity contribution in [1.82, 2.24) is 10.2 Å². The fraction of sp³-hybridized carbons (Fsp3) is 0.350. The molecule has 0 aromatic heterocycles. The van der Waals surface area contributed by atoms with Gasteiger partial charge in [0.15, 0.2) is 0 Å². The van der Waals surface area contributed by atoms with E-state index in [4.69, 9.17) is 23.2 Å². The van der Waals surface area contributed by atoms with Crippen LogP contribution in [0.2, 0.25) is 10.0 Å². The molecule has 0 bridgehead atoms. The molecule has 26 heavy (non-hydrogen) atoms. The van der Waals surface area contributed by atoms with Crippen molar-refractivity contribution in [2.45, 2.75) is 13.0 Å². The van der Waals surface area contributed by atoms with Crippen LogP contribution in [0.25, 0.3) is 0 Å². The minimum absolute atomic E-state index is 0.0358. The van der Waals surface area contributed by atoms with Crippen molar-refractivity contribution in [1.29, 1.82) is 0 Å². The Morgan fingerprint density at radius 3 is 2.35 bits per heavy atom. The number of carbonyl (C=O) groups is 1. The molecule has 2 aromatic carbocycles. The van der Waals surface area contributed by atoms with Crippen molar-refractivity contribution in [2.24, 2.45) is 0 Å². The molecule has 0 aliphatic carbocycles. The highest BCUT2D eigenvalue weighted by molar-refractivity contribution is 6.31. The summed E-state index contributed by atoms with van der Waals surface area (Å²) in [6.07, 6.45) is 0. The highest BCUT2D eigenvalue weighted by Gasteiger charge is 2.20. The van der Waals surface area contributed by atoms with Gasteiger partial charge in [-0.3, -0.25) is 9.69 Å². The van der Waals surface area contributed by atoms with E-state index in [2.05, 4.69) is 21.2 Å². The zero-order valence-electron chi connectivity index (χ0n) is 14.8. The zero-order chi connectivity index (χ0) is 18.5. The van der Waals surface area contributed by atoms with Gasteiger partial charge in [-0.2, -0.15) is 0 Å². The second-order valence-electron chi connectivity index (χ2n) is 6.59. The van der Waals surface area contributed by atoms with Gasteiger partial charge in [0, 0.05) is 41.9 Å². The number of nitrogens with one attached hydrogen (secondary N) is 1. The minimum Gasteiger partial charge on any atom is -0.369 e. The first-order valence-electron chi connectivity index (χ1n) is 8.79. The van der Waals surface area contributed by atoms with Crippen LogP contribution in [0.15, 0.2) is 48.5 Å².